The zero-order chi connectivity index (χ0) is 8.55. The molecule has 4 nitrogen and oxygen atoms in total. The van der Waals surface area contributed by atoms with E-state index in [4.69, 9.17) is 4.74 Å². The van der Waals surface area contributed by atoms with Crippen molar-refractivity contribution < 1.29 is 4.74 Å². The Kier molecular flexibility index (Phi) is 1.46. The van der Waals surface area contributed by atoms with Gasteiger partial charge in [-0.2, -0.15) is 5.10 Å². The Bertz CT molecular complexity index is 408. The average molecular weight is 163 g/mol. The molecule has 0 N–H and O–H groups in total. The molecule has 0 saturated carbocycles. The third-order valence-corrected chi connectivity index (χ3v) is 1.67. The lowest BCUT2D eigenvalue weighted by molar-refractivity contribution is 0.415. The van der Waals surface area contributed by atoms with Gasteiger partial charge in [0.25, 0.3) is 0 Å². The van der Waals surface area contributed by atoms with Crippen molar-refractivity contribution in [1.29, 1.82) is 0 Å². The maximum atomic E-state index is 5.14. The summed E-state index contributed by atoms with van der Waals surface area (Å²) in [4.78, 5) is 4.11. The highest BCUT2D eigenvalue weighted by Gasteiger charge is 2.03. The Morgan fingerprint density at radius 2 is 2.33 bits per heavy atom. The van der Waals surface area contributed by atoms with Gasteiger partial charge in [-0.25, -0.2) is 9.50 Å². The lowest BCUT2D eigenvalue weighted by Crippen LogP contribution is -1.96. The van der Waals surface area contributed by atoms with Gasteiger partial charge in [0.05, 0.1) is 12.8 Å². The maximum absolute atomic E-state index is 5.14. The fourth-order valence-electron chi connectivity index (χ4n) is 1.16. The van der Waals surface area contributed by atoms with Crippen LogP contribution in [0.5, 0.6) is 5.75 Å². The van der Waals surface area contributed by atoms with Gasteiger partial charge in [0.15, 0.2) is 11.4 Å². The molecule has 0 aliphatic carbocycles. The minimum absolute atomic E-state index is 0.753. The molecule has 2 aromatic heterocycles. The standard InChI is InChI=1S/C8H9N3O/c1-6-5-7(12-2)8-9-3-4-11(8)10-6/h3-5H,1-2H3. The van der Waals surface area contributed by atoms with Gasteiger partial charge in [-0.15, -0.1) is 0 Å². The van der Waals surface area contributed by atoms with Crippen LogP contribution in [-0.4, -0.2) is 21.7 Å². The number of hydrogen-bond acceptors (Lipinski definition) is 3. The molecule has 0 atom stereocenters. The van der Waals surface area contributed by atoms with E-state index < -0.39 is 0 Å². The van der Waals surface area contributed by atoms with Crippen LogP contribution in [0.25, 0.3) is 5.65 Å². The minimum Gasteiger partial charge on any atom is -0.493 e. The van der Waals surface area contributed by atoms with E-state index in [9.17, 15) is 0 Å². The van der Waals surface area contributed by atoms with Gasteiger partial charge in [0, 0.05) is 18.5 Å². The Morgan fingerprint density at radius 1 is 1.50 bits per heavy atom. The number of aromatic nitrogens is 3. The number of rotatable bonds is 1. The molecule has 62 valence electrons. The molecular formula is C8H9N3O. The predicted molar refractivity (Wildman–Crippen MR) is 44.3 cm³/mol. The number of aryl methyl sites for hydroxylation is 1. The summed E-state index contributed by atoms with van der Waals surface area (Å²) in [6.07, 6.45) is 3.50. The van der Waals surface area contributed by atoms with Crippen LogP contribution in [0, 0.1) is 6.92 Å². The van der Waals surface area contributed by atoms with Gasteiger partial charge in [-0.3, -0.25) is 0 Å². The molecule has 0 aliphatic heterocycles. The first-order valence-electron chi connectivity index (χ1n) is 3.66. The Labute approximate surface area is 69.8 Å². The first-order chi connectivity index (χ1) is 5.81. The monoisotopic (exact) mass is 163 g/mol. The first-order valence-corrected chi connectivity index (χ1v) is 3.66. The van der Waals surface area contributed by atoms with Crippen molar-refractivity contribution in [2.45, 2.75) is 6.92 Å². The molecule has 0 spiro atoms. The Hall–Kier alpha value is -1.58. The third-order valence-electron chi connectivity index (χ3n) is 1.67. The van der Waals surface area contributed by atoms with Gasteiger partial charge >= 0.3 is 0 Å². The van der Waals surface area contributed by atoms with E-state index >= 15 is 0 Å². The molecule has 0 saturated heterocycles. The summed E-state index contributed by atoms with van der Waals surface area (Å²) >= 11 is 0. The number of imidazole rings is 1. The van der Waals surface area contributed by atoms with Gasteiger partial charge in [-0.1, -0.05) is 0 Å². The van der Waals surface area contributed by atoms with Crippen molar-refractivity contribution in [2.24, 2.45) is 0 Å². The van der Waals surface area contributed by atoms with E-state index in [-0.39, 0.29) is 0 Å². The molecule has 0 bridgehead atoms. The minimum atomic E-state index is 0.753. The smallest absolute Gasteiger partial charge is 0.196 e. The maximum Gasteiger partial charge on any atom is 0.196 e. The van der Waals surface area contributed by atoms with E-state index in [1.165, 1.54) is 0 Å². The van der Waals surface area contributed by atoms with Crippen molar-refractivity contribution in [3.05, 3.63) is 24.2 Å². The van der Waals surface area contributed by atoms with Crippen molar-refractivity contribution in [1.82, 2.24) is 14.6 Å². The Morgan fingerprint density at radius 3 is 3.08 bits per heavy atom. The number of fused-ring (bicyclic) bond motifs is 1. The average Bonchev–Trinajstić information content (AvgIpc) is 2.50. The van der Waals surface area contributed by atoms with Crippen LogP contribution in [0.2, 0.25) is 0 Å². The normalized spacial score (nSPS) is 10.5. The van der Waals surface area contributed by atoms with E-state index in [1.807, 2.05) is 13.0 Å². The van der Waals surface area contributed by atoms with Crippen molar-refractivity contribution in [2.75, 3.05) is 7.11 Å². The topological polar surface area (TPSA) is 39.4 Å². The molecule has 2 aromatic rings. The van der Waals surface area contributed by atoms with E-state index in [1.54, 1.807) is 24.0 Å². The van der Waals surface area contributed by atoms with Crippen molar-refractivity contribution >= 4 is 5.65 Å². The fraction of sp³-hybridized carbons (Fsp3) is 0.250. The highest BCUT2D eigenvalue weighted by Crippen LogP contribution is 2.16. The second-order valence-corrected chi connectivity index (χ2v) is 2.55. The number of hydrogen-bond donors (Lipinski definition) is 0. The quantitative estimate of drug-likeness (QED) is 0.630. The summed E-state index contributed by atoms with van der Waals surface area (Å²) in [6.45, 7) is 1.92. The van der Waals surface area contributed by atoms with E-state index in [0.29, 0.717) is 0 Å². The Balaban J connectivity index is 2.80. The summed E-state index contributed by atoms with van der Waals surface area (Å²) in [5, 5.41) is 4.22. The molecule has 0 aliphatic rings. The lowest BCUT2D eigenvalue weighted by Gasteiger charge is -2.01. The third kappa shape index (κ3) is 0.922. The molecule has 0 radical (unpaired) electrons. The first kappa shape index (κ1) is 7.09. The summed E-state index contributed by atoms with van der Waals surface area (Å²) in [6, 6.07) is 1.86. The molecule has 2 rings (SSSR count). The molecule has 0 aromatic carbocycles. The number of ether oxygens (including phenoxy) is 1. The van der Waals surface area contributed by atoms with Crippen molar-refractivity contribution in [3.63, 3.8) is 0 Å². The zero-order valence-electron chi connectivity index (χ0n) is 6.98. The fourth-order valence-corrected chi connectivity index (χ4v) is 1.16. The summed E-state index contributed by atoms with van der Waals surface area (Å²) in [5.41, 5.74) is 1.67. The number of nitrogens with zero attached hydrogens (tertiary/aromatic N) is 3. The molecule has 2 heterocycles. The lowest BCUT2D eigenvalue weighted by atomic mass is 10.4. The van der Waals surface area contributed by atoms with Gasteiger partial charge in [0.2, 0.25) is 0 Å². The van der Waals surface area contributed by atoms with Gasteiger partial charge in [0.1, 0.15) is 0 Å². The van der Waals surface area contributed by atoms with Gasteiger partial charge < -0.3 is 4.74 Å². The SMILES string of the molecule is COc1cc(C)nn2ccnc12. The molecule has 0 unspecified atom stereocenters. The largest absolute Gasteiger partial charge is 0.493 e. The number of methoxy groups -OCH3 is 1. The highest BCUT2D eigenvalue weighted by molar-refractivity contribution is 5.52. The molecular weight excluding hydrogens is 154 g/mol. The molecule has 0 fully saturated rings. The van der Waals surface area contributed by atoms with Crippen LogP contribution < -0.4 is 4.74 Å². The van der Waals surface area contributed by atoms with Crippen LogP contribution >= 0.6 is 0 Å². The summed E-state index contributed by atoms with van der Waals surface area (Å²) in [5.74, 6) is 0.757. The molecule has 12 heavy (non-hydrogen) atoms. The van der Waals surface area contributed by atoms with Crippen LogP contribution in [0.3, 0.4) is 0 Å². The van der Waals surface area contributed by atoms with Crippen LogP contribution in [0.1, 0.15) is 5.69 Å². The van der Waals surface area contributed by atoms with Crippen LogP contribution in [0.15, 0.2) is 18.5 Å². The highest BCUT2D eigenvalue weighted by atomic mass is 16.5. The summed E-state index contributed by atoms with van der Waals surface area (Å²) < 4.78 is 6.85. The van der Waals surface area contributed by atoms with E-state index in [2.05, 4.69) is 10.1 Å². The van der Waals surface area contributed by atoms with Crippen LogP contribution in [0.4, 0.5) is 0 Å². The summed E-state index contributed by atoms with van der Waals surface area (Å²) in [7, 11) is 1.63. The zero-order valence-corrected chi connectivity index (χ0v) is 6.98. The van der Waals surface area contributed by atoms with Crippen LogP contribution in [-0.2, 0) is 0 Å². The molecule has 4 heteroatoms. The predicted octanol–water partition coefficient (Wildman–Crippen LogP) is 1.05. The van der Waals surface area contributed by atoms with E-state index in [0.717, 1.165) is 17.1 Å². The molecule has 0 amide bonds. The van der Waals surface area contributed by atoms with Crippen molar-refractivity contribution in [3.8, 4) is 5.75 Å². The second-order valence-electron chi connectivity index (χ2n) is 2.55. The van der Waals surface area contributed by atoms with Gasteiger partial charge in [-0.05, 0) is 6.92 Å². The second kappa shape index (κ2) is 2.48.